The number of hydrogen-bond donors (Lipinski definition) is 2. The number of aromatic nitrogens is 1. The summed E-state index contributed by atoms with van der Waals surface area (Å²) in [5.74, 6) is -0.720. The van der Waals surface area contributed by atoms with E-state index in [2.05, 4.69) is 10.3 Å². The Morgan fingerprint density at radius 3 is 2.62 bits per heavy atom. The second-order valence-electron chi connectivity index (χ2n) is 5.54. The molecule has 0 aliphatic rings. The van der Waals surface area contributed by atoms with Gasteiger partial charge >= 0.3 is 5.97 Å². The quantitative estimate of drug-likeness (QED) is 0.695. The van der Waals surface area contributed by atoms with Crippen LogP contribution in [0, 0.1) is 6.92 Å². The molecule has 1 aromatic heterocycles. The standard InChI is InChI=1S/C18H22N2O5S/c1-4-13(18-19-11(3)10-26-18)20-17(23)12-6-7-14(25-9-16(21)22)15(8-12)24-5-2/h6-8,10,13H,4-5,9H2,1-3H3,(H,20,23)(H,21,22). The van der Waals surface area contributed by atoms with E-state index in [1.54, 1.807) is 19.1 Å². The van der Waals surface area contributed by atoms with Crippen molar-refractivity contribution in [1.82, 2.24) is 10.3 Å². The topological polar surface area (TPSA) is 97.8 Å². The van der Waals surface area contributed by atoms with E-state index in [0.717, 1.165) is 17.1 Å². The van der Waals surface area contributed by atoms with Crippen molar-refractivity contribution in [3.63, 3.8) is 0 Å². The summed E-state index contributed by atoms with van der Waals surface area (Å²) in [6.45, 7) is 5.58. The van der Waals surface area contributed by atoms with E-state index in [0.29, 0.717) is 17.9 Å². The van der Waals surface area contributed by atoms with Crippen molar-refractivity contribution in [2.24, 2.45) is 0 Å². The number of carbonyl (C=O) groups is 2. The molecule has 1 unspecified atom stereocenters. The van der Waals surface area contributed by atoms with E-state index in [1.807, 2.05) is 19.2 Å². The second-order valence-corrected chi connectivity index (χ2v) is 6.43. The van der Waals surface area contributed by atoms with Gasteiger partial charge in [-0.1, -0.05) is 6.92 Å². The molecule has 2 N–H and O–H groups in total. The normalized spacial score (nSPS) is 11.7. The van der Waals surface area contributed by atoms with Crippen LogP contribution in [0.15, 0.2) is 23.6 Å². The SMILES string of the molecule is CCOc1cc(C(=O)NC(CC)c2nc(C)cs2)ccc1OCC(=O)O. The van der Waals surface area contributed by atoms with Gasteiger partial charge in [0.2, 0.25) is 0 Å². The van der Waals surface area contributed by atoms with Crippen LogP contribution in [0.1, 0.15) is 47.4 Å². The Hall–Kier alpha value is -2.61. The molecule has 0 aliphatic carbocycles. The predicted octanol–water partition coefficient (Wildman–Crippen LogP) is 3.19. The summed E-state index contributed by atoms with van der Waals surface area (Å²) in [7, 11) is 0. The number of thiazole rings is 1. The first-order valence-corrected chi connectivity index (χ1v) is 9.16. The molecular weight excluding hydrogens is 356 g/mol. The van der Waals surface area contributed by atoms with Crippen molar-refractivity contribution in [3.8, 4) is 11.5 Å². The van der Waals surface area contributed by atoms with Crippen molar-refractivity contribution < 1.29 is 24.2 Å². The highest BCUT2D eigenvalue weighted by atomic mass is 32.1. The number of aliphatic carboxylic acids is 1. The third-order valence-corrected chi connectivity index (χ3v) is 4.58. The molecule has 0 radical (unpaired) electrons. The monoisotopic (exact) mass is 378 g/mol. The molecule has 0 fully saturated rings. The first-order chi connectivity index (χ1) is 12.4. The number of aryl methyl sites for hydroxylation is 1. The zero-order chi connectivity index (χ0) is 19.1. The number of nitrogens with one attached hydrogen (secondary N) is 1. The lowest BCUT2D eigenvalue weighted by molar-refractivity contribution is -0.139. The molecule has 26 heavy (non-hydrogen) atoms. The fourth-order valence-corrected chi connectivity index (χ4v) is 3.22. The number of nitrogens with zero attached hydrogens (tertiary/aromatic N) is 1. The van der Waals surface area contributed by atoms with Crippen molar-refractivity contribution in [2.45, 2.75) is 33.2 Å². The maximum Gasteiger partial charge on any atom is 0.341 e. The summed E-state index contributed by atoms with van der Waals surface area (Å²) in [6, 6.07) is 4.50. The van der Waals surface area contributed by atoms with E-state index in [1.165, 1.54) is 17.4 Å². The molecule has 2 aromatic rings. The number of ether oxygens (including phenoxy) is 2. The van der Waals surface area contributed by atoms with Gasteiger partial charge < -0.3 is 19.9 Å². The van der Waals surface area contributed by atoms with E-state index in [9.17, 15) is 9.59 Å². The highest BCUT2D eigenvalue weighted by molar-refractivity contribution is 7.09. The minimum atomic E-state index is -1.08. The van der Waals surface area contributed by atoms with Gasteiger partial charge in [0.1, 0.15) is 5.01 Å². The maximum absolute atomic E-state index is 12.6. The van der Waals surface area contributed by atoms with Crippen LogP contribution in [0.3, 0.4) is 0 Å². The lowest BCUT2D eigenvalue weighted by atomic mass is 10.1. The molecule has 0 aliphatic heterocycles. The van der Waals surface area contributed by atoms with Crippen molar-refractivity contribution in [2.75, 3.05) is 13.2 Å². The number of amides is 1. The fraction of sp³-hybridized carbons (Fsp3) is 0.389. The molecule has 0 spiro atoms. The van der Waals surface area contributed by atoms with Gasteiger partial charge in [-0.2, -0.15) is 0 Å². The summed E-state index contributed by atoms with van der Waals surface area (Å²) in [5, 5.41) is 14.5. The second kappa shape index (κ2) is 9.19. The van der Waals surface area contributed by atoms with Crippen LogP contribution >= 0.6 is 11.3 Å². The largest absolute Gasteiger partial charge is 0.490 e. The summed E-state index contributed by atoms with van der Waals surface area (Å²) in [4.78, 5) is 27.7. The van der Waals surface area contributed by atoms with Crippen LogP contribution in [-0.2, 0) is 4.79 Å². The van der Waals surface area contributed by atoms with Gasteiger partial charge in [-0.15, -0.1) is 11.3 Å². The minimum Gasteiger partial charge on any atom is -0.490 e. The van der Waals surface area contributed by atoms with Crippen LogP contribution < -0.4 is 14.8 Å². The molecule has 0 saturated heterocycles. The van der Waals surface area contributed by atoms with Crippen molar-refractivity contribution >= 4 is 23.2 Å². The summed E-state index contributed by atoms with van der Waals surface area (Å²) in [5.41, 5.74) is 1.33. The van der Waals surface area contributed by atoms with E-state index in [4.69, 9.17) is 14.6 Å². The van der Waals surface area contributed by atoms with E-state index >= 15 is 0 Å². The lowest BCUT2D eigenvalue weighted by Crippen LogP contribution is -2.28. The van der Waals surface area contributed by atoms with Crippen LogP contribution in [0.25, 0.3) is 0 Å². The summed E-state index contributed by atoms with van der Waals surface area (Å²) < 4.78 is 10.7. The molecule has 8 heteroatoms. The van der Waals surface area contributed by atoms with Gasteiger partial charge in [0.05, 0.1) is 12.6 Å². The molecule has 1 atom stereocenters. The molecular formula is C18H22N2O5S. The van der Waals surface area contributed by atoms with Gasteiger partial charge in [0, 0.05) is 16.6 Å². The minimum absolute atomic E-state index is 0.167. The number of carbonyl (C=O) groups excluding carboxylic acids is 1. The van der Waals surface area contributed by atoms with Gasteiger partial charge in [-0.3, -0.25) is 4.79 Å². The molecule has 0 bridgehead atoms. The molecule has 2 rings (SSSR count). The summed E-state index contributed by atoms with van der Waals surface area (Å²) in [6.07, 6.45) is 0.719. The Morgan fingerprint density at radius 1 is 1.27 bits per heavy atom. The maximum atomic E-state index is 12.6. The average Bonchev–Trinajstić information content (AvgIpc) is 3.04. The first kappa shape index (κ1) is 19.7. The van der Waals surface area contributed by atoms with Crippen LogP contribution in [0.4, 0.5) is 0 Å². The van der Waals surface area contributed by atoms with Crippen LogP contribution in [0.2, 0.25) is 0 Å². The predicted molar refractivity (Wildman–Crippen MR) is 98.1 cm³/mol. The van der Waals surface area contributed by atoms with Gasteiger partial charge in [0.15, 0.2) is 18.1 Å². The Kier molecular flexibility index (Phi) is 6.97. The Balaban J connectivity index is 2.16. The Bertz CT molecular complexity index is 775. The third-order valence-electron chi connectivity index (χ3n) is 3.51. The van der Waals surface area contributed by atoms with Crippen LogP contribution in [0.5, 0.6) is 11.5 Å². The van der Waals surface area contributed by atoms with Crippen molar-refractivity contribution in [3.05, 3.63) is 39.8 Å². The van der Waals surface area contributed by atoms with E-state index < -0.39 is 12.6 Å². The zero-order valence-corrected chi connectivity index (χ0v) is 15.8. The molecule has 7 nitrogen and oxygen atoms in total. The average molecular weight is 378 g/mol. The number of rotatable bonds is 9. The number of hydrogen-bond acceptors (Lipinski definition) is 6. The zero-order valence-electron chi connectivity index (χ0n) is 14.9. The van der Waals surface area contributed by atoms with Crippen molar-refractivity contribution in [1.29, 1.82) is 0 Å². The highest BCUT2D eigenvalue weighted by Crippen LogP contribution is 2.29. The molecule has 1 aromatic carbocycles. The number of carboxylic acid groups (broad SMARTS) is 1. The first-order valence-electron chi connectivity index (χ1n) is 8.28. The van der Waals surface area contributed by atoms with Gasteiger partial charge in [0.25, 0.3) is 5.91 Å². The van der Waals surface area contributed by atoms with Gasteiger partial charge in [-0.05, 0) is 38.5 Å². The van der Waals surface area contributed by atoms with Gasteiger partial charge in [-0.25, -0.2) is 9.78 Å². The molecule has 0 saturated carbocycles. The Morgan fingerprint density at radius 2 is 2.04 bits per heavy atom. The lowest BCUT2D eigenvalue weighted by Gasteiger charge is -2.16. The number of benzene rings is 1. The number of carboxylic acids is 1. The Labute approximate surface area is 156 Å². The molecule has 1 amide bonds. The van der Waals surface area contributed by atoms with E-state index in [-0.39, 0.29) is 17.7 Å². The summed E-state index contributed by atoms with van der Waals surface area (Å²) >= 11 is 1.52. The molecule has 140 valence electrons. The highest BCUT2D eigenvalue weighted by Gasteiger charge is 2.18. The fourth-order valence-electron chi connectivity index (χ4n) is 2.29. The smallest absolute Gasteiger partial charge is 0.341 e. The third kappa shape index (κ3) is 5.19. The molecule has 1 heterocycles. The van der Waals surface area contributed by atoms with Crippen LogP contribution in [-0.4, -0.2) is 35.2 Å².